The second-order valence-electron chi connectivity index (χ2n) is 4.94. The van der Waals surface area contributed by atoms with Gasteiger partial charge in [0.15, 0.2) is 0 Å². The van der Waals surface area contributed by atoms with Crippen LogP contribution < -0.4 is 11.1 Å². The molecular weight excluding hydrogens is 200 g/mol. The van der Waals surface area contributed by atoms with E-state index in [1.807, 2.05) is 0 Å². The molecule has 0 amide bonds. The van der Waals surface area contributed by atoms with Gasteiger partial charge in [0.25, 0.3) is 0 Å². The Hall–Kier alpha value is -1.03. The molecular formula is C12H20N4. The lowest BCUT2D eigenvalue weighted by Gasteiger charge is -2.23. The molecule has 3 N–H and O–H groups in total. The van der Waals surface area contributed by atoms with E-state index in [-0.39, 0.29) is 0 Å². The van der Waals surface area contributed by atoms with Crippen molar-refractivity contribution in [2.75, 3.05) is 18.8 Å². The molecule has 4 nitrogen and oxygen atoms in total. The van der Waals surface area contributed by atoms with Gasteiger partial charge < -0.3 is 11.1 Å². The molecule has 1 aliphatic carbocycles. The number of hydrogen-bond acceptors (Lipinski definition) is 3. The molecule has 1 aromatic rings. The lowest BCUT2D eigenvalue weighted by Crippen LogP contribution is -2.30. The molecule has 4 heteroatoms. The van der Waals surface area contributed by atoms with Crippen molar-refractivity contribution in [3.63, 3.8) is 0 Å². The van der Waals surface area contributed by atoms with Gasteiger partial charge in [-0.05, 0) is 51.6 Å². The predicted molar refractivity (Wildman–Crippen MR) is 64.4 cm³/mol. The minimum atomic E-state index is 0.520. The first-order valence-electron chi connectivity index (χ1n) is 6.42. The summed E-state index contributed by atoms with van der Waals surface area (Å²) in [4.78, 5) is 0. The third-order valence-corrected chi connectivity index (χ3v) is 3.88. The summed E-state index contributed by atoms with van der Waals surface area (Å²) in [6.45, 7) is 2.18. The maximum absolute atomic E-state index is 6.24. The molecule has 2 aliphatic rings. The summed E-state index contributed by atoms with van der Waals surface area (Å²) in [5.41, 5.74) is 8.84. The van der Waals surface area contributed by atoms with Crippen LogP contribution in [0.5, 0.6) is 0 Å². The topological polar surface area (TPSA) is 55.9 Å². The van der Waals surface area contributed by atoms with Crippen LogP contribution in [-0.4, -0.2) is 22.9 Å². The summed E-state index contributed by atoms with van der Waals surface area (Å²) in [5, 5.41) is 8.12. The first-order valence-corrected chi connectivity index (χ1v) is 6.42. The zero-order chi connectivity index (χ0) is 11.0. The molecule has 1 aromatic heterocycles. The monoisotopic (exact) mass is 220 g/mol. The van der Waals surface area contributed by atoms with Crippen LogP contribution >= 0.6 is 0 Å². The predicted octanol–water partition coefficient (Wildman–Crippen LogP) is 1.27. The van der Waals surface area contributed by atoms with Crippen LogP contribution in [0.4, 0.5) is 5.82 Å². The highest BCUT2D eigenvalue weighted by Gasteiger charge is 2.23. The Morgan fingerprint density at radius 2 is 1.94 bits per heavy atom. The van der Waals surface area contributed by atoms with Crippen LogP contribution in [0.1, 0.15) is 43.0 Å². The van der Waals surface area contributed by atoms with Gasteiger partial charge in [0.2, 0.25) is 0 Å². The SMILES string of the molecule is Nc1c2c(nn1C1CCNCC1)CCCC2. The van der Waals surface area contributed by atoms with Crippen molar-refractivity contribution in [3.05, 3.63) is 11.3 Å². The molecule has 0 atom stereocenters. The molecule has 2 heterocycles. The Balaban J connectivity index is 1.91. The minimum absolute atomic E-state index is 0.520. The van der Waals surface area contributed by atoms with E-state index in [2.05, 4.69) is 10.00 Å². The van der Waals surface area contributed by atoms with Crippen molar-refractivity contribution in [1.82, 2.24) is 15.1 Å². The first-order chi connectivity index (χ1) is 7.86. The van der Waals surface area contributed by atoms with Crippen LogP contribution in [0, 0.1) is 0 Å². The average Bonchev–Trinajstić information content (AvgIpc) is 2.69. The molecule has 1 fully saturated rings. The first kappa shape index (κ1) is 10.1. The number of anilines is 1. The molecule has 0 aromatic carbocycles. The normalized spacial score (nSPS) is 22.0. The maximum atomic E-state index is 6.24. The number of fused-ring (bicyclic) bond motifs is 1. The van der Waals surface area contributed by atoms with Crippen molar-refractivity contribution in [2.24, 2.45) is 0 Å². The Morgan fingerprint density at radius 1 is 1.19 bits per heavy atom. The van der Waals surface area contributed by atoms with E-state index in [0.717, 1.165) is 44.6 Å². The molecule has 0 radical (unpaired) electrons. The number of nitrogens with two attached hydrogens (primary N) is 1. The minimum Gasteiger partial charge on any atom is -0.384 e. The molecule has 0 bridgehead atoms. The number of nitrogen functional groups attached to an aromatic ring is 1. The average molecular weight is 220 g/mol. The van der Waals surface area contributed by atoms with E-state index in [1.54, 1.807) is 0 Å². The van der Waals surface area contributed by atoms with Crippen molar-refractivity contribution < 1.29 is 0 Å². The number of hydrogen-bond donors (Lipinski definition) is 2. The third-order valence-electron chi connectivity index (χ3n) is 3.88. The van der Waals surface area contributed by atoms with Crippen LogP contribution in [0.3, 0.4) is 0 Å². The Labute approximate surface area is 96.2 Å². The number of aromatic nitrogens is 2. The lowest BCUT2D eigenvalue weighted by atomic mass is 9.97. The highest BCUT2D eigenvalue weighted by Crippen LogP contribution is 2.30. The highest BCUT2D eigenvalue weighted by atomic mass is 15.3. The summed E-state index contributed by atoms with van der Waals surface area (Å²) >= 11 is 0. The number of rotatable bonds is 1. The van der Waals surface area contributed by atoms with Crippen molar-refractivity contribution in [1.29, 1.82) is 0 Å². The number of piperidine rings is 1. The van der Waals surface area contributed by atoms with Gasteiger partial charge in [-0.15, -0.1) is 0 Å². The molecule has 1 saturated heterocycles. The van der Waals surface area contributed by atoms with Gasteiger partial charge >= 0.3 is 0 Å². The Bertz CT molecular complexity index is 377. The number of aryl methyl sites for hydroxylation is 1. The second-order valence-corrected chi connectivity index (χ2v) is 4.94. The quantitative estimate of drug-likeness (QED) is 0.749. The molecule has 3 rings (SSSR count). The van der Waals surface area contributed by atoms with Gasteiger partial charge in [-0.1, -0.05) is 0 Å². The van der Waals surface area contributed by atoms with Gasteiger partial charge in [-0.3, -0.25) is 0 Å². The van der Waals surface area contributed by atoms with E-state index < -0.39 is 0 Å². The van der Waals surface area contributed by atoms with Gasteiger partial charge in [0, 0.05) is 5.56 Å². The van der Waals surface area contributed by atoms with Gasteiger partial charge in [0.1, 0.15) is 5.82 Å². The molecule has 0 unspecified atom stereocenters. The van der Waals surface area contributed by atoms with Crippen molar-refractivity contribution in [3.8, 4) is 0 Å². The smallest absolute Gasteiger partial charge is 0.125 e. The molecule has 0 saturated carbocycles. The van der Waals surface area contributed by atoms with Crippen LogP contribution in [0.15, 0.2) is 0 Å². The lowest BCUT2D eigenvalue weighted by molar-refractivity contribution is 0.345. The van der Waals surface area contributed by atoms with E-state index >= 15 is 0 Å². The fourth-order valence-corrected chi connectivity index (χ4v) is 2.93. The zero-order valence-electron chi connectivity index (χ0n) is 9.71. The largest absolute Gasteiger partial charge is 0.384 e. The number of nitrogens with zero attached hydrogens (tertiary/aromatic N) is 2. The zero-order valence-corrected chi connectivity index (χ0v) is 9.71. The highest BCUT2D eigenvalue weighted by molar-refractivity contribution is 5.45. The maximum Gasteiger partial charge on any atom is 0.125 e. The van der Waals surface area contributed by atoms with E-state index in [9.17, 15) is 0 Å². The Kier molecular flexibility index (Phi) is 2.59. The van der Waals surface area contributed by atoms with Crippen LogP contribution in [-0.2, 0) is 12.8 Å². The van der Waals surface area contributed by atoms with Crippen LogP contribution in [0.2, 0.25) is 0 Å². The molecule has 0 spiro atoms. The van der Waals surface area contributed by atoms with Gasteiger partial charge in [0.05, 0.1) is 11.7 Å². The van der Waals surface area contributed by atoms with Crippen molar-refractivity contribution >= 4 is 5.82 Å². The summed E-state index contributed by atoms with van der Waals surface area (Å²) in [6.07, 6.45) is 7.12. The standard InChI is InChI=1S/C12H20N4/c13-12-10-3-1-2-4-11(10)15-16(12)9-5-7-14-8-6-9/h9,14H,1-8,13H2. The second kappa shape index (κ2) is 4.09. The fraction of sp³-hybridized carbons (Fsp3) is 0.750. The fourth-order valence-electron chi connectivity index (χ4n) is 2.93. The third kappa shape index (κ3) is 1.61. The van der Waals surface area contributed by atoms with Crippen molar-refractivity contribution in [2.45, 2.75) is 44.6 Å². The van der Waals surface area contributed by atoms with E-state index in [1.165, 1.54) is 24.1 Å². The Morgan fingerprint density at radius 3 is 2.69 bits per heavy atom. The van der Waals surface area contributed by atoms with Gasteiger partial charge in [-0.25, -0.2) is 4.68 Å². The number of nitrogens with one attached hydrogen (secondary N) is 1. The van der Waals surface area contributed by atoms with Crippen LogP contribution in [0.25, 0.3) is 0 Å². The summed E-state index contributed by atoms with van der Waals surface area (Å²) in [5.74, 6) is 0.946. The van der Waals surface area contributed by atoms with E-state index in [4.69, 9.17) is 10.8 Å². The van der Waals surface area contributed by atoms with E-state index in [0.29, 0.717) is 6.04 Å². The molecule has 1 aliphatic heterocycles. The van der Waals surface area contributed by atoms with Gasteiger partial charge in [-0.2, -0.15) is 5.10 Å². The molecule has 16 heavy (non-hydrogen) atoms. The summed E-state index contributed by atoms with van der Waals surface area (Å²) in [7, 11) is 0. The summed E-state index contributed by atoms with van der Waals surface area (Å²) < 4.78 is 2.11. The summed E-state index contributed by atoms with van der Waals surface area (Å²) in [6, 6.07) is 0.520. The molecule has 88 valence electrons.